The predicted octanol–water partition coefficient (Wildman–Crippen LogP) is 5.47. The number of thiazole rings is 1. The maximum Gasteiger partial charge on any atom is 0.258 e. The number of carbonyl (C=O) groups excluding carboxylic acids is 1. The van der Waals surface area contributed by atoms with E-state index in [9.17, 15) is 4.79 Å². The molecule has 0 bridgehead atoms. The molecule has 0 fully saturated rings. The Kier molecular flexibility index (Phi) is 4.96. The van der Waals surface area contributed by atoms with Crippen molar-refractivity contribution in [2.75, 3.05) is 12.4 Å². The van der Waals surface area contributed by atoms with Gasteiger partial charge in [-0.1, -0.05) is 34.5 Å². The zero-order chi connectivity index (χ0) is 16.6. The van der Waals surface area contributed by atoms with Gasteiger partial charge in [-0.2, -0.15) is 0 Å². The summed E-state index contributed by atoms with van der Waals surface area (Å²) in [6.45, 7) is 0. The summed E-state index contributed by atoms with van der Waals surface area (Å²) in [6, 6.07) is 8.77. The minimum Gasteiger partial charge on any atom is -0.495 e. The Morgan fingerprint density at radius 3 is 2.78 bits per heavy atom. The third-order valence-electron chi connectivity index (χ3n) is 3.06. The number of nitrogens with one attached hydrogen (secondary N) is 1. The van der Waals surface area contributed by atoms with Gasteiger partial charge < -0.3 is 4.74 Å². The highest BCUT2D eigenvalue weighted by Crippen LogP contribution is 2.34. The molecule has 0 unspecified atom stereocenters. The fourth-order valence-electron chi connectivity index (χ4n) is 1.98. The van der Waals surface area contributed by atoms with Gasteiger partial charge in [-0.3, -0.25) is 10.1 Å². The molecule has 3 rings (SSSR count). The number of amides is 1. The smallest absolute Gasteiger partial charge is 0.258 e. The van der Waals surface area contributed by atoms with Crippen LogP contribution in [0.2, 0.25) is 10.0 Å². The van der Waals surface area contributed by atoms with E-state index in [-0.39, 0.29) is 5.91 Å². The van der Waals surface area contributed by atoms with Crippen LogP contribution in [0.3, 0.4) is 0 Å². The molecule has 1 amide bonds. The van der Waals surface area contributed by atoms with Crippen LogP contribution in [-0.4, -0.2) is 18.0 Å². The van der Waals surface area contributed by atoms with Crippen LogP contribution in [0.25, 0.3) is 10.2 Å². The Labute approximate surface area is 159 Å². The number of hydrogen-bond donors (Lipinski definition) is 1. The lowest BCUT2D eigenvalue weighted by Gasteiger charge is -2.04. The lowest BCUT2D eigenvalue weighted by Crippen LogP contribution is -2.12. The van der Waals surface area contributed by atoms with E-state index < -0.39 is 0 Å². The summed E-state index contributed by atoms with van der Waals surface area (Å²) >= 11 is 15.6. The van der Waals surface area contributed by atoms with Crippen LogP contribution >= 0.6 is 57.1 Å². The van der Waals surface area contributed by atoms with E-state index in [2.05, 4.69) is 32.9 Å². The van der Waals surface area contributed by atoms with Gasteiger partial charge in [0.05, 0.1) is 32.9 Å². The minimum absolute atomic E-state index is 0.300. The molecule has 0 saturated carbocycles. The van der Waals surface area contributed by atoms with Gasteiger partial charge in [0.1, 0.15) is 5.75 Å². The van der Waals surface area contributed by atoms with E-state index in [1.807, 2.05) is 6.07 Å². The Bertz CT molecular complexity index is 914. The van der Waals surface area contributed by atoms with Crippen molar-refractivity contribution < 1.29 is 9.53 Å². The van der Waals surface area contributed by atoms with Crippen molar-refractivity contribution in [2.24, 2.45) is 0 Å². The van der Waals surface area contributed by atoms with Gasteiger partial charge in [-0.15, -0.1) is 0 Å². The number of aromatic nitrogens is 1. The van der Waals surface area contributed by atoms with Gasteiger partial charge in [0.15, 0.2) is 5.13 Å². The topological polar surface area (TPSA) is 51.2 Å². The van der Waals surface area contributed by atoms with E-state index in [0.717, 1.165) is 8.27 Å². The standard InChI is InChI=1S/C15H9Cl2IN2O2S/c1-22-12-6-13-11(5-10(12)17)19-15(23-13)20-14(21)8-4-7(18)2-3-9(8)16/h2-6H,1H3,(H,19,20,21). The Morgan fingerprint density at radius 1 is 1.26 bits per heavy atom. The minimum atomic E-state index is -0.300. The third kappa shape index (κ3) is 3.55. The normalized spacial score (nSPS) is 10.8. The first-order chi connectivity index (χ1) is 11.0. The van der Waals surface area contributed by atoms with E-state index >= 15 is 0 Å². The zero-order valence-corrected chi connectivity index (χ0v) is 16.2. The molecule has 118 valence electrons. The number of ether oxygens (including phenoxy) is 1. The summed E-state index contributed by atoms with van der Waals surface area (Å²) in [5, 5.41) is 4.12. The molecule has 0 radical (unpaired) electrons. The van der Waals surface area contributed by atoms with E-state index in [1.165, 1.54) is 11.3 Å². The first-order valence-corrected chi connectivity index (χ1v) is 9.03. The van der Waals surface area contributed by atoms with Gasteiger partial charge in [0.25, 0.3) is 5.91 Å². The van der Waals surface area contributed by atoms with E-state index in [0.29, 0.717) is 32.0 Å². The number of benzene rings is 2. The molecule has 0 saturated heterocycles. The summed E-state index contributed by atoms with van der Waals surface area (Å²) in [4.78, 5) is 16.7. The fraction of sp³-hybridized carbons (Fsp3) is 0.0667. The van der Waals surface area contributed by atoms with Crippen molar-refractivity contribution in [1.82, 2.24) is 4.98 Å². The highest BCUT2D eigenvalue weighted by Gasteiger charge is 2.14. The van der Waals surface area contributed by atoms with E-state index in [1.54, 1.807) is 31.4 Å². The first kappa shape index (κ1) is 16.8. The monoisotopic (exact) mass is 478 g/mol. The lowest BCUT2D eigenvalue weighted by molar-refractivity contribution is 0.102. The van der Waals surface area contributed by atoms with E-state index in [4.69, 9.17) is 27.9 Å². The predicted molar refractivity (Wildman–Crippen MR) is 103 cm³/mol. The SMILES string of the molecule is COc1cc2sc(NC(=O)c3cc(I)ccc3Cl)nc2cc1Cl. The number of hydrogen-bond acceptors (Lipinski definition) is 4. The second-order valence-electron chi connectivity index (χ2n) is 4.55. The number of rotatable bonds is 3. The van der Waals surface area contributed by atoms with Crippen LogP contribution in [0.5, 0.6) is 5.75 Å². The van der Waals surface area contributed by atoms with Gasteiger partial charge in [0.2, 0.25) is 0 Å². The maximum atomic E-state index is 12.4. The van der Waals surface area contributed by atoms with Crippen molar-refractivity contribution in [3.8, 4) is 5.75 Å². The van der Waals surface area contributed by atoms with Crippen molar-refractivity contribution >= 4 is 78.4 Å². The molecule has 1 N–H and O–H groups in total. The van der Waals surface area contributed by atoms with Gasteiger partial charge >= 0.3 is 0 Å². The number of methoxy groups -OCH3 is 1. The summed E-state index contributed by atoms with van der Waals surface area (Å²) in [6.07, 6.45) is 0. The number of anilines is 1. The molecule has 4 nitrogen and oxygen atoms in total. The second-order valence-corrected chi connectivity index (χ2v) is 7.64. The number of nitrogens with zero attached hydrogens (tertiary/aromatic N) is 1. The van der Waals surface area contributed by atoms with Crippen molar-refractivity contribution in [3.05, 3.63) is 49.5 Å². The summed E-state index contributed by atoms with van der Waals surface area (Å²) in [7, 11) is 1.55. The Balaban J connectivity index is 1.92. The zero-order valence-electron chi connectivity index (χ0n) is 11.7. The molecule has 1 heterocycles. The van der Waals surface area contributed by atoms with Crippen LogP contribution in [0.1, 0.15) is 10.4 Å². The van der Waals surface area contributed by atoms with Crippen molar-refractivity contribution in [2.45, 2.75) is 0 Å². The molecule has 23 heavy (non-hydrogen) atoms. The summed E-state index contributed by atoms with van der Waals surface area (Å²) in [5.74, 6) is 0.270. The van der Waals surface area contributed by atoms with Gasteiger partial charge in [-0.25, -0.2) is 4.98 Å². The largest absolute Gasteiger partial charge is 0.495 e. The van der Waals surface area contributed by atoms with Crippen LogP contribution in [0, 0.1) is 3.57 Å². The van der Waals surface area contributed by atoms with Gasteiger partial charge in [0, 0.05) is 9.64 Å². The maximum absolute atomic E-state index is 12.4. The number of fused-ring (bicyclic) bond motifs is 1. The molecule has 0 atom stereocenters. The molecule has 0 aliphatic carbocycles. The van der Waals surface area contributed by atoms with Crippen LogP contribution in [0.15, 0.2) is 30.3 Å². The quantitative estimate of drug-likeness (QED) is 0.508. The summed E-state index contributed by atoms with van der Waals surface area (Å²) < 4.78 is 6.98. The molecule has 2 aromatic carbocycles. The van der Waals surface area contributed by atoms with Gasteiger partial charge in [-0.05, 0) is 46.9 Å². The highest BCUT2D eigenvalue weighted by molar-refractivity contribution is 14.1. The molecule has 8 heteroatoms. The van der Waals surface area contributed by atoms with Crippen molar-refractivity contribution in [3.63, 3.8) is 0 Å². The van der Waals surface area contributed by atoms with Crippen LogP contribution in [0.4, 0.5) is 5.13 Å². The Morgan fingerprint density at radius 2 is 2.04 bits per heavy atom. The molecule has 3 aromatic rings. The molecule has 0 spiro atoms. The lowest BCUT2D eigenvalue weighted by atomic mass is 10.2. The molecular formula is C15H9Cl2IN2O2S. The number of halogens is 3. The average Bonchev–Trinajstić information content (AvgIpc) is 2.89. The fourth-order valence-corrected chi connectivity index (χ4v) is 3.78. The number of carbonyl (C=O) groups is 1. The summed E-state index contributed by atoms with van der Waals surface area (Å²) in [5.41, 5.74) is 1.11. The first-order valence-electron chi connectivity index (χ1n) is 6.38. The van der Waals surface area contributed by atoms with Crippen LogP contribution in [-0.2, 0) is 0 Å². The second kappa shape index (κ2) is 6.80. The Hall–Kier alpha value is -1.09. The molecule has 0 aliphatic rings. The third-order valence-corrected chi connectivity index (χ3v) is 5.29. The highest BCUT2D eigenvalue weighted by atomic mass is 127. The van der Waals surface area contributed by atoms with Crippen LogP contribution < -0.4 is 10.1 Å². The molecule has 1 aromatic heterocycles. The average molecular weight is 479 g/mol. The van der Waals surface area contributed by atoms with Crippen molar-refractivity contribution in [1.29, 1.82) is 0 Å². The molecular weight excluding hydrogens is 470 g/mol. The molecule has 0 aliphatic heterocycles.